The zero-order chi connectivity index (χ0) is 40.8. The van der Waals surface area contributed by atoms with Gasteiger partial charge in [-0.15, -0.1) is 22.1 Å². The number of hydrogen-bond donors (Lipinski definition) is 0. The van der Waals surface area contributed by atoms with E-state index in [0.717, 1.165) is 127 Å². The molecular weight excluding hydrogens is 808 g/mol. The fourth-order valence-corrected chi connectivity index (χ4v) is 9.72. The van der Waals surface area contributed by atoms with Crippen molar-refractivity contribution in [3.05, 3.63) is 132 Å². The molecule has 8 nitrogen and oxygen atoms in total. The van der Waals surface area contributed by atoms with Crippen LogP contribution in [0.1, 0.15) is 62.3 Å². The Labute approximate surface area is 361 Å². The van der Waals surface area contributed by atoms with E-state index in [-0.39, 0.29) is 41.8 Å². The third kappa shape index (κ3) is 5.94. The van der Waals surface area contributed by atoms with Crippen molar-refractivity contribution in [2.75, 3.05) is 14.2 Å². The van der Waals surface area contributed by atoms with Gasteiger partial charge in [-0.25, -0.2) is 9.97 Å². The molecule has 0 fully saturated rings. The minimum absolute atomic E-state index is 0. The van der Waals surface area contributed by atoms with Gasteiger partial charge < -0.3 is 19.4 Å². The van der Waals surface area contributed by atoms with Crippen LogP contribution < -0.4 is 9.97 Å². The number of hydrogen-bond acceptors (Lipinski definition) is 6. The number of fused-ring (bicyclic) bond motifs is 21. The van der Waals surface area contributed by atoms with Gasteiger partial charge in [0.25, 0.3) is 0 Å². The first-order chi connectivity index (χ1) is 29.3. The number of methoxy groups -OCH3 is 2. The van der Waals surface area contributed by atoms with E-state index in [2.05, 4.69) is 123 Å². The van der Waals surface area contributed by atoms with Crippen LogP contribution in [0.5, 0.6) is 0 Å². The minimum Gasteiger partial charge on any atom is -0.657 e. The Morgan fingerprint density at radius 1 is 0.508 bits per heavy atom. The molecule has 301 valence electrons. The van der Waals surface area contributed by atoms with Crippen molar-refractivity contribution >= 4 is 99.4 Å². The summed E-state index contributed by atoms with van der Waals surface area (Å²) in [5.74, 6) is -0.558. The third-order valence-corrected chi connectivity index (χ3v) is 12.6. The molecule has 61 heavy (non-hydrogen) atoms. The average Bonchev–Trinajstić information content (AvgIpc) is 4.05. The van der Waals surface area contributed by atoms with Crippen LogP contribution in [-0.2, 0) is 36.1 Å². The van der Waals surface area contributed by atoms with Gasteiger partial charge in [-0.1, -0.05) is 109 Å². The first-order valence-corrected chi connectivity index (χ1v) is 20.3. The molecule has 0 amide bonds. The van der Waals surface area contributed by atoms with E-state index in [0.29, 0.717) is 12.8 Å². The maximum atomic E-state index is 12.6. The van der Waals surface area contributed by atoms with E-state index in [4.69, 9.17) is 29.4 Å². The van der Waals surface area contributed by atoms with Crippen LogP contribution in [0.25, 0.3) is 110 Å². The van der Waals surface area contributed by atoms with Crippen LogP contribution in [0.3, 0.4) is 0 Å². The van der Waals surface area contributed by atoms with Crippen molar-refractivity contribution in [3.63, 3.8) is 0 Å². The number of esters is 2. The average molecular weight is 846 g/mol. The summed E-state index contributed by atoms with van der Waals surface area (Å²) in [4.78, 5) is 46.8. The Bertz CT molecular complexity index is 3260. The summed E-state index contributed by atoms with van der Waals surface area (Å²) in [5, 5.41) is 8.91. The second-order valence-electron chi connectivity index (χ2n) is 15.8. The zero-order valence-corrected chi connectivity index (χ0v) is 34.9. The molecular formula is C52H38CuN4O4. The van der Waals surface area contributed by atoms with Gasteiger partial charge in [0.15, 0.2) is 0 Å². The summed E-state index contributed by atoms with van der Waals surface area (Å²) >= 11 is 0. The molecule has 1 aliphatic carbocycles. The summed E-state index contributed by atoms with van der Waals surface area (Å²) in [6.45, 7) is 4.16. The van der Waals surface area contributed by atoms with Crippen LogP contribution in [0, 0.1) is 0 Å². The number of aromatic nitrogens is 4. The number of rotatable bonds is 6. The zero-order valence-electron chi connectivity index (χ0n) is 33.9. The molecule has 0 saturated carbocycles. The molecule has 0 unspecified atom stereocenters. The molecule has 5 heterocycles. The van der Waals surface area contributed by atoms with Gasteiger partial charge in [0.1, 0.15) is 0 Å². The second kappa shape index (κ2) is 14.7. The first kappa shape index (κ1) is 38.4. The molecule has 0 spiro atoms. The molecule has 11 rings (SSSR count). The summed E-state index contributed by atoms with van der Waals surface area (Å²) < 4.78 is 10.2. The third-order valence-electron chi connectivity index (χ3n) is 12.6. The molecule has 8 aromatic rings. The molecule has 0 N–H and O–H groups in total. The SMILES string of the molecule is COC(=O)CCC1=C(C)c2cc3[n-]c(cc4nc(cc5[n-]c(cc1n2)c1c5-c2cccc5cccc-1c25)C(CCC(=O)OC)=C4C)c1c2ccccc2c2ccccc2c31.[Cu+2]. The molecule has 1 radical (unpaired) electrons. The molecule has 0 atom stereocenters. The van der Waals surface area contributed by atoms with E-state index < -0.39 is 0 Å². The van der Waals surface area contributed by atoms with Gasteiger partial charge in [-0.05, 0) is 114 Å². The van der Waals surface area contributed by atoms with Crippen LogP contribution in [-0.4, -0.2) is 36.1 Å². The smallest absolute Gasteiger partial charge is 0.657 e. The number of allylic oxidation sites excluding steroid dienone is 4. The maximum absolute atomic E-state index is 12.6. The predicted molar refractivity (Wildman–Crippen MR) is 241 cm³/mol. The predicted octanol–water partition coefficient (Wildman–Crippen LogP) is 11.6. The van der Waals surface area contributed by atoms with Gasteiger partial charge in [-0.2, -0.15) is 0 Å². The van der Waals surface area contributed by atoms with E-state index in [1.807, 2.05) is 0 Å². The monoisotopic (exact) mass is 845 g/mol. The van der Waals surface area contributed by atoms with Crippen molar-refractivity contribution in [1.82, 2.24) is 19.9 Å². The van der Waals surface area contributed by atoms with Crippen molar-refractivity contribution in [2.24, 2.45) is 0 Å². The number of nitrogens with zero attached hydrogens (tertiary/aromatic N) is 4. The van der Waals surface area contributed by atoms with E-state index in [9.17, 15) is 9.59 Å². The Morgan fingerprint density at radius 2 is 0.918 bits per heavy atom. The number of carbonyl (C=O) groups is 2. The van der Waals surface area contributed by atoms with Gasteiger partial charge in [0.05, 0.1) is 37.0 Å². The molecule has 2 aliphatic heterocycles. The summed E-state index contributed by atoms with van der Waals surface area (Å²) in [6, 6.07) is 38.2. The Morgan fingerprint density at radius 3 is 1.36 bits per heavy atom. The Hall–Kier alpha value is -6.80. The quantitative estimate of drug-likeness (QED) is 0.0925. The topological polar surface area (TPSA) is 107 Å². The van der Waals surface area contributed by atoms with Crippen LogP contribution in [0.4, 0.5) is 0 Å². The summed E-state index contributed by atoms with van der Waals surface area (Å²) in [5.41, 5.74) is 14.5. The fraction of sp³-hybridized carbons (Fsp3) is 0.154. The van der Waals surface area contributed by atoms with Crippen LogP contribution >= 0.6 is 0 Å². The summed E-state index contributed by atoms with van der Waals surface area (Å²) in [7, 11) is 2.85. The van der Waals surface area contributed by atoms with Crippen LogP contribution in [0.2, 0.25) is 0 Å². The fourth-order valence-electron chi connectivity index (χ4n) is 9.72. The second-order valence-corrected chi connectivity index (χ2v) is 15.8. The Kier molecular flexibility index (Phi) is 9.27. The maximum Gasteiger partial charge on any atom is 2.00 e. The van der Waals surface area contributed by atoms with Crippen molar-refractivity contribution < 1.29 is 36.1 Å². The standard InChI is InChI=1S/C52H38N4O4.Cu/c1-27-30(19-21-46(57)59-3)40-25-44-51-36-17-9-11-29-12-10-18-37(48(29)36)52(51)45(56-44)26-41-31(20-22-47(58)60-4)28(2)39(54-41)24-43-50-35-16-8-6-14-33(35)32-13-5-7-15-34(32)49(50)42(55-43)23-38(27)53-40;/h5-18,23-26H,19-22H2,1-4H3;/q-2;+2. The molecule has 0 saturated heterocycles. The number of ether oxygens (including phenoxy) is 2. The van der Waals surface area contributed by atoms with Gasteiger partial charge in [-0.3, -0.25) is 9.59 Å². The number of carbonyl (C=O) groups excluding carboxylic acids is 2. The molecule has 5 aromatic carbocycles. The van der Waals surface area contributed by atoms with Crippen LogP contribution in [0.15, 0.2) is 109 Å². The van der Waals surface area contributed by atoms with Crippen molar-refractivity contribution in [2.45, 2.75) is 39.5 Å². The number of benzene rings is 5. The molecule has 3 aliphatic rings. The summed E-state index contributed by atoms with van der Waals surface area (Å²) in [6.07, 6.45) is 1.33. The normalized spacial score (nSPS) is 13.0. The van der Waals surface area contributed by atoms with Crippen molar-refractivity contribution in [1.29, 1.82) is 0 Å². The van der Waals surface area contributed by atoms with Gasteiger partial charge in [0.2, 0.25) is 0 Å². The largest absolute Gasteiger partial charge is 2.00 e. The molecule has 8 bridgehead atoms. The van der Waals surface area contributed by atoms with E-state index >= 15 is 0 Å². The van der Waals surface area contributed by atoms with Gasteiger partial charge >= 0.3 is 29.0 Å². The Balaban J connectivity index is 0.00000445. The minimum atomic E-state index is -0.279. The first-order valence-electron chi connectivity index (χ1n) is 20.3. The van der Waals surface area contributed by atoms with E-state index in [1.54, 1.807) is 0 Å². The van der Waals surface area contributed by atoms with Crippen molar-refractivity contribution in [3.8, 4) is 22.3 Å². The molecule has 3 aromatic heterocycles. The van der Waals surface area contributed by atoms with Gasteiger partial charge in [0, 0.05) is 12.8 Å². The molecule has 9 heteroatoms. The van der Waals surface area contributed by atoms with E-state index in [1.165, 1.54) is 19.6 Å².